The number of rotatable bonds is 49. The predicted octanol–water partition coefficient (Wildman–Crippen LogP) is 12.1. The van der Waals surface area contributed by atoms with Crippen LogP contribution in [0.2, 0.25) is 0 Å². The van der Waals surface area contributed by atoms with Gasteiger partial charge >= 0.3 is 0 Å². The van der Waals surface area contributed by atoms with Gasteiger partial charge in [-0.3, -0.25) is 4.79 Å². The molecule has 0 spiro atoms. The molecule has 8 N–H and O–H groups in total. The number of ether oxygens (including phenoxy) is 2. The molecule has 1 saturated heterocycles. The maximum Gasteiger partial charge on any atom is 0.249 e. The van der Waals surface area contributed by atoms with E-state index in [9.17, 15) is 40.5 Å². The summed E-state index contributed by atoms with van der Waals surface area (Å²) in [5.41, 5.74) is 0. The van der Waals surface area contributed by atoms with Gasteiger partial charge in [0, 0.05) is 0 Å². The quantitative estimate of drug-likeness (QED) is 0.0215. The third-order valence-electron chi connectivity index (χ3n) is 13.8. The first-order valence-corrected chi connectivity index (χ1v) is 29.0. The lowest BCUT2D eigenvalue weighted by Crippen LogP contribution is -2.60. The van der Waals surface area contributed by atoms with Crippen molar-refractivity contribution in [3.05, 3.63) is 48.6 Å². The number of nitrogens with one attached hydrogen (secondary N) is 1. The summed E-state index contributed by atoms with van der Waals surface area (Å²) in [7, 11) is 0. The number of allylic oxidation sites excluding steroid dienone is 8. The minimum absolute atomic E-state index is 0.239. The average Bonchev–Trinajstić information content (AvgIpc) is 3.36. The van der Waals surface area contributed by atoms with Crippen LogP contribution >= 0.6 is 0 Å². The summed E-state index contributed by atoms with van der Waals surface area (Å²) in [4.78, 5) is 13.2. The minimum Gasteiger partial charge on any atom is -0.394 e. The normalized spacial score (nSPS) is 20.6. The zero-order valence-corrected chi connectivity index (χ0v) is 44.7. The fourth-order valence-electron chi connectivity index (χ4n) is 9.06. The molecule has 9 atom stereocenters. The van der Waals surface area contributed by atoms with E-state index in [1.165, 1.54) is 141 Å². The lowest BCUT2D eigenvalue weighted by Gasteiger charge is -2.40. The van der Waals surface area contributed by atoms with Crippen LogP contribution < -0.4 is 5.32 Å². The van der Waals surface area contributed by atoms with Gasteiger partial charge in [0.05, 0.1) is 25.4 Å². The highest BCUT2D eigenvalue weighted by Gasteiger charge is 2.44. The second kappa shape index (κ2) is 48.0. The Bertz CT molecular complexity index is 1280. The van der Waals surface area contributed by atoms with Gasteiger partial charge in [-0.1, -0.05) is 210 Å². The standard InChI is InChI=1S/C59H109NO10/c1-3-5-7-9-11-13-15-17-19-21-23-25-27-29-31-33-35-37-39-41-43-45-47-52(63)58(68)60-50(49-69-59-57(67)56(66)55(65)53(48-61)70-59)54(64)51(62)46-44-42-40-38-36-34-32-30-28-26-24-22-20-18-16-14-12-10-8-6-4-2/h22,24,29-32,38,40,50-57,59,61-67H,3-21,23,25-28,33-37,39,41-49H2,1-2H3,(H,60,68)/b24-22+,31-29-,32-30+,40-38+. The Morgan fingerprint density at radius 1 is 0.486 bits per heavy atom. The fraction of sp³-hybridized carbons (Fsp3) is 0.847. The van der Waals surface area contributed by atoms with Crippen LogP contribution in [0, 0.1) is 0 Å². The molecule has 0 aromatic heterocycles. The third-order valence-corrected chi connectivity index (χ3v) is 13.8. The monoisotopic (exact) mass is 992 g/mol. The molecular formula is C59H109NO10. The molecule has 0 saturated carbocycles. The first-order chi connectivity index (χ1) is 34.2. The smallest absolute Gasteiger partial charge is 0.249 e. The van der Waals surface area contributed by atoms with E-state index in [0.717, 1.165) is 64.2 Å². The Morgan fingerprint density at radius 3 is 1.27 bits per heavy atom. The summed E-state index contributed by atoms with van der Waals surface area (Å²) in [5.74, 6) is -0.716. The van der Waals surface area contributed by atoms with Gasteiger partial charge < -0.3 is 50.5 Å². The Morgan fingerprint density at radius 2 is 0.857 bits per heavy atom. The van der Waals surface area contributed by atoms with Crippen LogP contribution in [0.25, 0.3) is 0 Å². The van der Waals surface area contributed by atoms with Gasteiger partial charge in [0.2, 0.25) is 5.91 Å². The fourth-order valence-corrected chi connectivity index (χ4v) is 9.06. The van der Waals surface area contributed by atoms with Gasteiger partial charge in [0.15, 0.2) is 6.29 Å². The molecule has 1 amide bonds. The molecule has 410 valence electrons. The van der Waals surface area contributed by atoms with Crippen LogP contribution in [0.4, 0.5) is 0 Å². The molecular weight excluding hydrogens is 883 g/mol. The van der Waals surface area contributed by atoms with Crippen molar-refractivity contribution in [1.82, 2.24) is 5.32 Å². The molecule has 0 bridgehead atoms. The number of hydrogen-bond donors (Lipinski definition) is 8. The van der Waals surface area contributed by atoms with E-state index < -0.39 is 74.2 Å². The lowest BCUT2D eigenvalue weighted by atomic mass is 9.98. The second-order valence-corrected chi connectivity index (χ2v) is 20.3. The molecule has 9 unspecified atom stereocenters. The number of hydrogen-bond acceptors (Lipinski definition) is 10. The van der Waals surface area contributed by atoms with Crippen molar-refractivity contribution in [2.45, 2.75) is 306 Å². The summed E-state index contributed by atoms with van der Waals surface area (Å²) in [5, 5.41) is 76.1. The zero-order valence-electron chi connectivity index (χ0n) is 44.7. The van der Waals surface area contributed by atoms with Crippen LogP contribution in [0.1, 0.15) is 251 Å². The first kappa shape index (κ1) is 66.1. The minimum atomic E-state index is -1.68. The molecule has 0 aromatic rings. The summed E-state index contributed by atoms with van der Waals surface area (Å²) >= 11 is 0. The Kier molecular flexibility index (Phi) is 45.3. The van der Waals surface area contributed by atoms with Crippen molar-refractivity contribution in [3.63, 3.8) is 0 Å². The first-order valence-electron chi connectivity index (χ1n) is 29.0. The van der Waals surface area contributed by atoms with Crippen molar-refractivity contribution < 1.29 is 50.0 Å². The van der Waals surface area contributed by atoms with Crippen LogP contribution in [-0.2, 0) is 14.3 Å². The van der Waals surface area contributed by atoms with E-state index in [2.05, 4.69) is 67.8 Å². The summed E-state index contributed by atoms with van der Waals surface area (Å²) in [6.45, 7) is 3.44. The number of carbonyl (C=O) groups excluding carboxylic acids is 1. The molecule has 1 heterocycles. The zero-order chi connectivity index (χ0) is 51.1. The predicted molar refractivity (Wildman–Crippen MR) is 288 cm³/mol. The Hall–Kier alpha value is -1.93. The van der Waals surface area contributed by atoms with Crippen molar-refractivity contribution in [2.24, 2.45) is 0 Å². The van der Waals surface area contributed by atoms with E-state index in [4.69, 9.17) is 9.47 Å². The number of unbranched alkanes of at least 4 members (excludes halogenated alkanes) is 29. The molecule has 11 heteroatoms. The number of carbonyl (C=O) groups is 1. The van der Waals surface area contributed by atoms with Crippen molar-refractivity contribution in [3.8, 4) is 0 Å². The molecule has 70 heavy (non-hydrogen) atoms. The molecule has 1 aliphatic heterocycles. The van der Waals surface area contributed by atoms with Crippen molar-refractivity contribution >= 4 is 5.91 Å². The molecule has 11 nitrogen and oxygen atoms in total. The summed E-state index contributed by atoms with van der Waals surface area (Å²) in [6, 6.07) is -1.20. The van der Waals surface area contributed by atoms with Crippen LogP contribution in [0.15, 0.2) is 48.6 Å². The van der Waals surface area contributed by atoms with Gasteiger partial charge in [-0.15, -0.1) is 0 Å². The maximum absolute atomic E-state index is 13.2. The van der Waals surface area contributed by atoms with E-state index in [1.54, 1.807) is 0 Å². The van der Waals surface area contributed by atoms with E-state index in [-0.39, 0.29) is 12.8 Å². The topological polar surface area (TPSA) is 189 Å². The highest BCUT2D eigenvalue weighted by Crippen LogP contribution is 2.23. The number of amides is 1. The van der Waals surface area contributed by atoms with Gasteiger partial charge in [-0.05, 0) is 89.9 Å². The van der Waals surface area contributed by atoms with Gasteiger partial charge in [0.1, 0.15) is 36.6 Å². The number of aliphatic hydroxyl groups excluding tert-OH is 7. The highest BCUT2D eigenvalue weighted by atomic mass is 16.7. The molecule has 1 rings (SSSR count). The highest BCUT2D eigenvalue weighted by molar-refractivity contribution is 5.80. The maximum atomic E-state index is 13.2. The average molecular weight is 993 g/mol. The largest absolute Gasteiger partial charge is 0.394 e. The molecule has 0 aromatic carbocycles. The molecule has 0 aliphatic carbocycles. The van der Waals surface area contributed by atoms with Gasteiger partial charge in [0.25, 0.3) is 0 Å². The third kappa shape index (κ3) is 36.1. The van der Waals surface area contributed by atoms with Crippen LogP contribution in [0.3, 0.4) is 0 Å². The van der Waals surface area contributed by atoms with Gasteiger partial charge in [-0.2, -0.15) is 0 Å². The van der Waals surface area contributed by atoms with E-state index in [1.807, 2.05) is 0 Å². The molecule has 1 fully saturated rings. The second-order valence-electron chi connectivity index (χ2n) is 20.3. The van der Waals surface area contributed by atoms with Crippen LogP contribution in [0.5, 0.6) is 0 Å². The van der Waals surface area contributed by atoms with Gasteiger partial charge in [-0.25, -0.2) is 0 Å². The van der Waals surface area contributed by atoms with Crippen molar-refractivity contribution in [1.29, 1.82) is 0 Å². The van der Waals surface area contributed by atoms with Crippen LogP contribution in [-0.4, -0.2) is 110 Å². The molecule has 1 aliphatic rings. The summed E-state index contributed by atoms with van der Waals surface area (Å²) < 4.78 is 11.1. The van der Waals surface area contributed by atoms with E-state index in [0.29, 0.717) is 19.3 Å². The summed E-state index contributed by atoms with van der Waals surface area (Å²) in [6.07, 6.45) is 48.8. The van der Waals surface area contributed by atoms with Crippen molar-refractivity contribution in [2.75, 3.05) is 13.2 Å². The number of aliphatic hydroxyl groups is 7. The Labute approximate surface area is 428 Å². The Balaban J connectivity index is 2.37. The SMILES string of the molecule is CCCCCCCCCC/C=C/CC/C=C/CC/C=C/CCCC(O)C(O)C(COC1OC(CO)C(O)C(O)C1O)NC(=O)C(O)CCCCCCCC/C=C\CCCCCCCCCCCCCC. The van der Waals surface area contributed by atoms with E-state index >= 15 is 0 Å². The molecule has 0 radical (unpaired) electrons. The lowest BCUT2D eigenvalue weighted by molar-refractivity contribution is -0.303.